The van der Waals surface area contributed by atoms with Gasteiger partial charge in [0.2, 0.25) is 5.88 Å². The van der Waals surface area contributed by atoms with E-state index in [-0.39, 0.29) is 22.8 Å². The summed E-state index contributed by atoms with van der Waals surface area (Å²) in [6, 6.07) is 35.4. The van der Waals surface area contributed by atoms with E-state index in [9.17, 15) is 4.39 Å². The molecule has 212 valence electrons. The van der Waals surface area contributed by atoms with E-state index in [1.807, 2.05) is 77.7 Å². The molecule has 0 aliphatic heterocycles. The number of aromatic nitrogens is 2. The SMILES string of the molecule is COc1ccnc(-c2cc(Oc3cc(Oc4ccccn4)cc(N(c4ccccc4)c4ccccc4)c3)c(F)cc2F)c1. The van der Waals surface area contributed by atoms with Gasteiger partial charge in [0, 0.05) is 65.7 Å². The Labute approximate surface area is 247 Å². The second-order valence-corrected chi connectivity index (χ2v) is 9.38. The van der Waals surface area contributed by atoms with Gasteiger partial charge in [-0.05, 0) is 42.5 Å². The quantitative estimate of drug-likeness (QED) is 0.172. The molecule has 4 aromatic carbocycles. The lowest BCUT2D eigenvalue weighted by molar-refractivity contribution is 0.414. The monoisotopic (exact) mass is 573 g/mol. The van der Waals surface area contributed by atoms with Crippen molar-refractivity contribution in [3.63, 3.8) is 0 Å². The van der Waals surface area contributed by atoms with Crippen LogP contribution in [0.4, 0.5) is 25.8 Å². The van der Waals surface area contributed by atoms with Gasteiger partial charge in [0.05, 0.1) is 18.5 Å². The molecular weight excluding hydrogens is 548 g/mol. The zero-order valence-corrected chi connectivity index (χ0v) is 23.0. The lowest BCUT2D eigenvalue weighted by Gasteiger charge is -2.26. The van der Waals surface area contributed by atoms with Gasteiger partial charge < -0.3 is 19.1 Å². The van der Waals surface area contributed by atoms with Crippen LogP contribution in [-0.4, -0.2) is 17.1 Å². The average molecular weight is 574 g/mol. The van der Waals surface area contributed by atoms with E-state index in [0.29, 0.717) is 23.1 Å². The number of hydrogen-bond acceptors (Lipinski definition) is 6. The Balaban J connectivity index is 1.46. The van der Waals surface area contributed by atoms with Crippen molar-refractivity contribution >= 4 is 17.1 Å². The maximum Gasteiger partial charge on any atom is 0.219 e. The zero-order chi connectivity index (χ0) is 29.6. The number of hydrogen-bond donors (Lipinski definition) is 0. The van der Waals surface area contributed by atoms with Crippen LogP contribution in [-0.2, 0) is 0 Å². The van der Waals surface area contributed by atoms with Gasteiger partial charge >= 0.3 is 0 Å². The van der Waals surface area contributed by atoms with Crippen molar-refractivity contribution in [1.29, 1.82) is 0 Å². The van der Waals surface area contributed by atoms with E-state index < -0.39 is 11.6 Å². The van der Waals surface area contributed by atoms with E-state index in [4.69, 9.17) is 14.2 Å². The fraction of sp³-hybridized carbons (Fsp3) is 0.0286. The number of rotatable bonds is 9. The van der Waals surface area contributed by atoms with Crippen LogP contribution in [0.5, 0.6) is 28.9 Å². The molecule has 6 aromatic rings. The van der Waals surface area contributed by atoms with Crippen LogP contribution in [0.1, 0.15) is 0 Å². The van der Waals surface area contributed by atoms with E-state index in [2.05, 4.69) is 9.97 Å². The number of pyridine rings is 2. The van der Waals surface area contributed by atoms with Gasteiger partial charge in [-0.1, -0.05) is 42.5 Å². The molecule has 43 heavy (non-hydrogen) atoms. The molecule has 0 unspecified atom stereocenters. The molecule has 2 heterocycles. The summed E-state index contributed by atoms with van der Waals surface area (Å²) in [5.41, 5.74) is 2.78. The van der Waals surface area contributed by atoms with Crippen LogP contribution in [0.15, 0.2) is 134 Å². The van der Waals surface area contributed by atoms with Crippen LogP contribution in [0, 0.1) is 11.6 Å². The average Bonchev–Trinajstić information content (AvgIpc) is 3.04. The van der Waals surface area contributed by atoms with Gasteiger partial charge in [-0.2, -0.15) is 0 Å². The molecular formula is C35H25F2N3O3. The second kappa shape index (κ2) is 12.4. The normalized spacial score (nSPS) is 10.7. The molecule has 0 aliphatic rings. The van der Waals surface area contributed by atoms with Gasteiger partial charge in [0.15, 0.2) is 11.6 Å². The predicted octanol–water partition coefficient (Wildman–Crippen LogP) is 9.48. The summed E-state index contributed by atoms with van der Waals surface area (Å²) in [6.45, 7) is 0. The van der Waals surface area contributed by atoms with Crippen LogP contribution >= 0.6 is 0 Å². The van der Waals surface area contributed by atoms with Crippen molar-refractivity contribution in [3.8, 4) is 40.1 Å². The van der Waals surface area contributed by atoms with Gasteiger partial charge in [-0.15, -0.1) is 0 Å². The summed E-state index contributed by atoms with van der Waals surface area (Å²) in [6.07, 6.45) is 3.11. The summed E-state index contributed by atoms with van der Waals surface area (Å²) in [4.78, 5) is 10.5. The highest BCUT2D eigenvalue weighted by molar-refractivity contribution is 5.78. The first kappa shape index (κ1) is 27.4. The highest BCUT2D eigenvalue weighted by atomic mass is 19.1. The summed E-state index contributed by atoms with van der Waals surface area (Å²) in [5, 5.41) is 0. The number of benzene rings is 4. The highest BCUT2D eigenvalue weighted by Gasteiger charge is 2.19. The lowest BCUT2D eigenvalue weighted by Crippen LogP contribution is -2.10. The Kier molecular flexibility index (Phi) is 7.91. The Morgan fingerprint density at radius 3 is 1.88 bits per heavy atom. The molecule has 6 rings (SSSR count). The molecule has 2 aromatic heterocycles. The first-order valence-electron chi connectivity index (χ1n) is 13.4. The van der Waals surface area contributed by atoms with Gasteiger partial charge in [-0.3, -0.25) is 4.98 Å². The van der Waals surface area contributed by atoms with Crippen LogP contribution in [0.3, 0.4) is 0 Å². The maximum absolute atomic E-state index is 15.2. The molecule has 0 bridgehead atoms. The summed E-state index contributed by atoms with van der Waals surface area (Å²) >= 11 is 0. The van der Waals surface area contributed by atoms with E-state index in [1.54, 1.807) is 42.6 Å². The number of halogens is 2. The molecule has 0 atom stereocenters. The largest absolute Gasteiger partial charge is 0.497 e. The van der Waals surface area contributed by atoms with E-state index in [0.717, 1.165) is 17.4 Å². The Morgan fingerprint density at radius 1 is 0.558 bits per heavy atom. The summed E-state index contributed by atoms with van der Waals surface area (Å²) in [5.74, 6) is -0.316. The first-order chi connectivity index (χ1) is 21.1. The van der Waals surface area contributed by atoms with E-state index >= 15 is 4.39 Å². The number of ether oxygens (including phenoxy) is 3. The molecule has 0 radical (unpaired) electrons. The van der Waals surface area contributed by atoms with Crippen molar-refractivity contribution in [3.05, 3.63) is 145 Å². The molecule has 8 heteroatoms. The summed E-state index contributed by atoms with van der Waals surface area (Å²) in [7, 11) is 1.50. The van der Waals surface area contributed by atoms with Gasteiger partial charge in [-0.25, -0.2) is 13.8 Å². The molecule has 0 spiro atoms. The van der Waals surface area contributed by atoms with Crippen LogP contribution in [0.2, 0.25) is 0 Å². The minimum Gasteiger partial charge on any atom is -0.497 e. The number of anilines is 3. The number of nitrogens with zero attached hydrogens (tertiary/aromatic N) is 3. The predicted molar refractivity (Wildman–Crippen MR) is 162 cm³/mol. The molecule has 0 amide bonds. The van der Waals surface area contributed by atoms with Crippen LogP contribution in [0.25, 0.3) is 11.3 Å². The van der Waals surface area contributed by atoms with Crippen molar-refractivity contribution < 1.29 is 23.0 Å². The minimum absolute atomic E-state index is 0.0617. The fourth-order valence-corrected chi connectivity index (χ4v) is 4.55. The highest BCUT2D eigenvalue weighted by Crippen LogP contribution is 2.41. The summed E-state index contributed by atoms with van der Waals surface area (Å²) < 4.78 is 47.5. The third kappa shape index (κ3) is 6.28. The maximum atomic E-state index is 15.2. The smallest absolute Gasteiger partial charge is 0.219 e. The Hall–Kier alpha value is -5.76. The molecule has 0 aliphatic carbocycles. The number of para-hydroxylation sites is 2. The topological polar surface area (TPSA) is 56.7 Å². The van der Waals surface area contributed by atoms with Crippen LogP contribution < -0.4 is 19.1 Å². The number of methoxy groups -OCH3 is 1. The van der Waals surface area contributed by atoms with Crippen molar-refractivity contribution in [1.82, 2.24) is 9.97 Å². The van der Waals surface area contributed by atoms with Gasteiger partial charge in [0.1, 0.15) is 23.1 Å². The molecule has 0 saturated heterocycles. The third-order valence-corrected chi connectivity index (χ3v) is 6.50. The Bertz CT molecular complexity index is 1800. The van der Waals surface area contributed by atoms with Crippen molar-refractivity contribution in [2.24, 2.45) is 0 Å². The van der Waals surface area contributed by atoms with E-state index in [1.165, 1.54) is 19.4 Å². The van der Waals surface area contributed by atoms with Crippen molar-refractivity contribution in [2.75, 3.05) is 12.0 Å². The first-order valence-corrected chi connectivity index (χ1v) is 13.4. The fourth-order valence-electron chi connectivity index (χ4n) is 4.55. The standard InChI is InChI=1S/C35H25F2N3O3/c1-41-27-15-17-38-33(21-27)30-22-34(32(37)23-31(30)36)42-28-18-26(19-29(20-28)43-35-14-8-9-16-39-35)40(24-10-4-2-5-11-24)25-12-6-3-7-13-25/h2-23H,1H3. The molecule has 6 nitrogen and oxygen atoms in total. The Morgan fingerprint density at radius 2 is 1.23 bits per heavy atom. The molecule has 0 fully saturated rings. The third-order valence-electron chi connectivity index (χ3n) is 6.50. The molecule has 0 N–H and O–H groups in total. The van der Waals surface area contributed by atoms with Gasteiger partial charge in [0.25, 0.3) is 0 Å². The zero-order valence-electron chi connectivity index (χ0n) is 23.0. The minimum atomic E-state index is -0.871. The molecule has 0 saturated carbocycles. The van der Waals surface area contributed by atoms with Crippen molar-refractivity contribution in [2.45, 2.75) is 0 Å². The lowest BCUT2D eigenvalue weighted by atomic mass is 10.1. The second-order valence-electron chi connectivity index (χ2n) is 9.38.